The van der Waals surface area contributed by atoms with Gasteiger partial charge >= 0.3 is 5.97 Å². The van der Waals surface area contributed by atoms with Crippen LogP contribution in [0.3, 0.4) is 0 Å². The third-order valence-electron chi connectivity index (χ3n) is 4.09. The molecule has 2 aliphatic rings. The first-order valence-electron chi connectivity index (χ1n) is 8.43. The van der Waals surface area contributed by atoms with Gasteiger partial charge in [0.2, 0.25) is 6.79 Å². The predicted molar refractivity (Wildman–Crippen MR) is 97.5 cm³/mol. The van der Waals surface area contributed by atoms with Crippen LogP contribution in [-0.4, -0.2) is 37.7 Å². The number of nitrogens with one attached hydrogen (secondary N) is 1. The molecule has 1 amide bonds. The quantitative estimate of drug-likeness (QED) is 0.481. The van der Waals surface area contributed by atoms with Crippen LogP contribution in [0, 0.1) is 0 Å². The minimum absolute atomic E-state index is 0.0619. The number of carbonyl (C=O) groups excluding carboxylic acids is 3. The predicted octanol–water partition coefficient (Wildman–Crippen LogP) is 2.19. The first-order valence-corrected chi connectivity index (χ1v) is 8.43. The van der Waals surface area contributed by atoms with Crippen LogP contribution in [0.4, 0.5) is 5.69 Å². The Labute approximate surface area is 159 Å². The second-order valence-electron chi connectivity index (χ2n) is 6.02. The summed E-state index contributed by atoms with van der Waals surface area (Å²) in [7, 11) is 0. The second kappa shape index (κ2) is 7.43. The van der Waals surface area contributed by atoms with Crippen LogP contribution in [0.15, 0.2) is 42.5 Å². The van der Waals surface area contributed by atoms with E-state index in [9.17, 15) is 14.4 Å². The maximum absolute atomic E-state index is 12.2. The molecule has 0 spiro atoms. The minimum Gasteiger partial charge on any atom is -0.482 e. The highest BCUT2D eigenvalue weighted by Gasteiger charge is 2.18. The molecule has 0 fully saturated rings. The van der Waals surface area contributed by atoms with E-state index in [1.807, 2.05) is 0 Å². The molecule has 142 valence electrons. The van der Waals surface area contributed by atoms with Crippen molar-refractivity contribution in [2.75, 3.05) is 25.3 Å². The smallest absolute Gasteiger partial charge is 0.331 e. The van der Waals surface area contributed by atoms with E-state index in [1.165, 1.54) is 12.1 Å². The van der Waals surface area contributed by atoms with Crippen LogP contribution < -0.4 is 19.5 Å². The van der Waals surface area contributed by atoms with Gasteiger partial charge in [0.1, 0.15) is 5.75 Å². The zero-order valence-electron chi connectivity index (χ0n) is 14.6. The lowest BCUT2D eigenvalue weighted by molar-refractivity contribution is -0.136. The Kier molecular flexibility index (Phi) is 4.67. The number of Topliss-reactive ketones (excluding diaryl/α,β-unsaturated/α-hetero) is 1. The van der Waals surface area contributed by atoms with Crippen LogP contribution in [0.1, 0.15) is 15.9 Å². The second-order valence-corrected chi connectivity index (χ2v) is 6.02. The Bertz CT molecular complexity index is 996. The number of fused-ring (bicyclic) bond motifs is 2. The molecule has 0 saturated carbocycles. The van der Waals surface area contributed by atoms with Gasteiger partial charge in [-0.2, -0.15) is 0 Å². The first-order chi connectivity index (χ1) is 13.6. The third kappa shape index (κ3) is 3.80. The van der Waals surface area contributed by atoms with Gasteiger partial charge < -0.3 is 24.3 Å². The van der Waals surface area contributed by atoms with E-state index < -0.39 is 18.4 Å². The number of hydrogen-bond acceptors (Lipinski definition) is 7. The lowest BCUT2D eigenvalue weighted by Gasteiger charge is -2.18. The summed E-state index contributed by atoms with van der Waals surface area (Å²) in [4.78, 5) is 35.5. The fourth-order valence-corrected chi connectivity index (χ4v) is 2.71. The summed E-state index contributed by atoms with van der Waals surface area (Å²) in [6.07, 6.45) is 2.78. The average Bonchev–Trinajstić information content (AvgIpc) is 3.17. The maximum Gasteiger partial charge on any atom is 0.331 e. The van der Waals surface area contributed by atoms with Gasteiger partial charge in [-0.3, -0.25) is 9.59 Å². The van der Waals surface area contributed by atoms with Gasteiger partial charge in [-0.15, -0.1) is 0 Å². The van der Waals surface area contributed by atoms with Gasteiger partial charge in [0, 0.05) is 11.6 Å². The number of esters is 1. The number of hydrogen-bond donors (Lipinski definition) is 1. The molecule has 8 nitrogen and oxygen atoms in total. The lowest BCUT2D eigenvalue weighted by atomic mass is 10.1. The van der Waals surface area contributed by atoms with E-state index in [4.69, 9.17) is 18.9 Å². The number of ether oxygens (including phenoxy) is 4. The van der Waals surface area contributed by atoms with E-state index in [2.05, 4.69) is 5.32 Å². The van der Waals surface area contributed by atoms with Crippen molar-refractivity contribution in [1.29, 1.82) is 0 Å². The number of benzene rings is 2. The summed E-state index contributed by atoms with van der Waals surface area (Å²) in [5, 5.41) is 2.62. The molecular weight excluding hydrogens is 366 g/mol. The van der Waals surface area contributed by atoms with Crippen LogP contribution in [-0.2, 0) is 14.3 Å². The number of anilines is 1. The summed E-state index contributed by atoms with van der Waals surface area (Å²) in [5.74, 6) is 0.399. The summed E-state index contributed by atoms with van der Waals surface area (Å²) in [6.45, 7) is -0.309. The largest absolute Gasteiger partial charge is 0.482 e. The van der Waals surface area contributed by atoms with Crippen LogP contribution in [0.2, 0.25) is 0 Å². The zero-order chi connectivity index (χ0) is 19.5. The molecule has 0 atom stereocenters. The summed E-state index contributed by atoms with van der Waals surface area (Å²) >= 11 is 0. The van der Waals surface area contributed by atoms with E-state index in [0.717, 1.165) is 5.56 Å². The standard InChI is InChI=1S/C20H15NO7/c22-15(13-3-5-16-14(8-13)21-19(23)10-25-16)9-26-20(24)6-2-12-1-4-17-18(7-12)28-11-27-17/h1-8H,9-11H2,(H,21,23). The summed E-state index contributed by atoms with van der Waals surface area (Å²) < 4.78 is 20.7. The van der Waals surface area contributed by atoms with Crippen LogP contribution >= 0.6 is 0 Å². The van der Waals surface area contributed by atoms with Gasteiger partial charge in [0.15, 0.2) is 30.5 Å². The summed E-state index contributed by atoms with van der Waals surface area (Å²) in [5.41, 5.74) is 1.45. The Hall–Kier alpha value is -3.81. The molecule has 0 radical (unpaired) electrons. The Morgan fingerprint density at radius 1 is 1.04 bits per heavy atom. The molecular formula is C20H15NO7. The average molecular weight is 381 g/mol. The fraction of sp³-hybridized carbons (Fsp3) is 0.150. The normalized spacial score (nSPS) is 14.2. The number of rotatable bonds is 5. The monoisotopic (exact) mass is 381 g/mol. The molecule has 8 heteroatoms. The molecule has 0 aliphatic carbocycles. The number of carbonyl (C=O) groups is 3. The molecule has 28 heavy (non-hydrogen) atoms. The number of ketones is 1. The van der Waals surface area contributed by atoms with Crippen molar-refractivity contribution in [3.05, 3.63) is 53.6 Å². The van der Waals surface area contributed by atoms with Crippen molar-refractivity contribution in [1.82, 2.24) is 0 Å². The van der Waals surface area contributed by atoms with Crippen molar-refractivity contribution in [3.8, 4) is 17.2 Å². The molecule has 2 aromatic carbocycles. The van der Waals surface area contributed by atoms with Crippen molar-refractivity contribution >= 4 is 29.4 Å². The lowest BCUT2D eigenvalue weighted by Crippen LogP contribution is -2.25. The third-order valence-corrected chi connectivity index (χ3v) is 4.09. The molecule has 2 aliphatic heterocycles. The number of amides is 1. The van der Waals surface area contributed by atoms with Gasteiger partial charge in [-0.1, -0.05) is 6.07 Å². The minimum atomic E-state index is -0.652. The van der Waals surface area contributed by atoms with Crippen molar-refractivity contribution < 1.29 is 33.3 Å². The fourth-order valence-electron chi connectivity index (χ4n) is 2.71. The van der Waals surface area contributed by atoms with Crippen LogP contribution in [0.25, 0.3) is 6.08 Å². The van der Waals surface area contributed by atoms with Gasteiger partial charge in [-0.25, -0.2) is 4.79 Å². The highest BCUT2D eigenvalue weighted by atomic mass is 16.7. The topological polar surface area (TPSA) is 100 Å². The van der Waals surface area contributed by atoms with Crippen LogP contribution in [0.5, 0.6) is 17.2 Å². The van der Waals surface area contributed by atoms with E-state index in [0.29, 0.717) is 28.5 Å². The highest BCUT2D eigenvalue weighted by Crippen LogP contribution is 2.32. The molecule has 0 unspecified atom stereocenters. The molecule has 0 saturated heterocycles. The van der Waals surface area contributed by atoms with Crippen molar-refractivity contribution in [3.63, 3.8) is 0 Å². The van der Waals surface area contributed by atoms with Gasteiger partial charge in [-0.05, 0) is 42.0 Å². The SMILES string of the molecule is O=C1COc2ccc(C(=O)COC(=O)C=Cc3ccc4c(c3)OCO4)cc2N1. The Balaban J connectivity index is 1.34. The summed E-state index contributed by atoms with van der Waals surface area (Å²) in [6, 6.07) is 9.88. The first kappa shape index (κ1) is 17.6. The molecule has 2 aromatic rings. The molecule has 0 aromatic heterocycles. The van der Waals surface area contributed by atoms with E-state index >= 15 is 0 Å². The molecule has 4 rings (SSSR count). The maximum atomic E-state index is 12.2. The van der Waals surface area contributed by atoms with E-state index in [-0.39, 0.29) is 19.3 Å². The Morgan fingerprint density at radius 2 is 1.86 bits per heavy atom. The molecule has 1 N–H and O–H groups in total. The zero-order valence-corrected chi connectivity index (χ0v) is 14.6. The van der Waals surface area contributed by atoms with Gasteiger partial charge in [0.25, 0.3) is 5.91 Å². The van der Waals surface area contributed by atoms with Crippen molar-refractivity contribution in [2.45, 2.75) is 0 Å². The van der Waals surface area contributed by atoms with Gasteiger partial charge in [0.05, 0.1) is 5.69 Å². The molecule has 2 heterocycles. The van der Waals surface area contributed by atoms with E-state index in [1.54, 1.807) is 36.4 Å². The van der Waals surface area contributed by atoms with Crippen molar-refractivity contribution in [2.24, 2.45) is 0 Å². The highest BCUT2D eigenvalue weighted by molar-refractivity contribution is 6.02. The Morgan fingerprint density at radius 3 is 2.75 bits per heavy atom. The molecule has 0 bridgehead atoms.